The minimum absolute atomic E-state index is 0.143. The first kappa shape index (κ1) is 15.4. The molecule has 0 bridgehead atoms. The van der Waals surface area contributed by atoms with Crippen molar-refractivity contribution in [3.8, 4) is 0 Å². The lowest BCUT2D eigenvalue weighted by atomic mass is 9.99. The van der Waals surface area contributed by atoms with Gasteiger partial charge < -0.3 is 15.4 Å². The summed E-state index contributed by atoms with van der Waals surface area (Å²) in [5, 5.41) is 5.92. The van der Waals surface area contributed by atoms with Crippen molar-refractivity contribution in [2.75, 3.05) is 11.9 Å². The molecular weight excluding hydrogens is 283 g/mol. The van der Waals surface area contributed by atoms with Crippen LogP contribution in [0.5, 0.6) is 0 Å². The topological polar surface area (TPSA) is 50.4 Å². The van der Waals surface area contributed by atoms with Gasteiger partial charge in [-0.3, -0.25) is 4.79 Å². The second-order valence-electron chi connectivity index (χ2n) is 6.22. The summed E-state index contributed by atoms with van der Waals surface area (Å²) in [6.45, 7) is 3.52. The number of benzene rings is 1. The lowest BCUT2D eigenvalue weighted by Crippen LogP contribution is -2.25. The van der Waals surface area contributed by atoms with E-state index in [1.54, 1.807) is 6.07 Å². The van der Waals surface area contributed by atoms with Crippen LogP contribution in [-0.2, 0) is 22.5 Å². The second-order valence-corrected chi connectivity index (χ2v) is 6.22. The molecule has 1 saturated heterocycles. The van der Waals surface area contributed by atoms with Gasteiger partial charge in [0.05, 0.1) is 17.9 Å². The standard InChI is InChI=1S/C17H23FN2O2/c1-11-2-4-13(22-11)5-7-16(21)20-15-6-3-12-10-19-9-8-14(12)17(15)18/h3,6,11,13,19H,2,4-5,7-10H2,1H3,(H,20,21). The van der Waals surface area contributed by atoms with Crippen molar-refractivity contribution >= 4 is 11.6 Å². The number of fused-ring (bicyclic) bond motifs is 1. The number of carbonyl (C=O) groups is 1. The zero-order chi connectivity index (χ0) is 15.5. The van der Waals surface area contributed by atoms with E-state index in [1.807, 2.05) is 6.07 Å². The Balaban J connectivity index is 1.57. The van der Waals surface area contributed by atoms with Gasteiger partial charge in [0.1, 0.15) is 5.82 Å². The molecule has 4 nitrogen and oxygen atoms in total. The normalized spacial score (nSPS) is 24.1. The quantitative estimate of drug-likeness (QED) is 0.899. The van der Waals surface area contributed by atoms with Crippen molar-refractivity contribution in [1.82, 2.24) is 5.32 Å². The Bertz CT molecular complexity index is 562. The van der Waals surface area contributed by atoms with Crippen LogP contribution in [-0.4, -0.2) is 24.7 Å². The molecule has 0 spiro atoms. The monoisotopic (exact) mass is 306 g/mol. The van der Waals surface area contributed by atoms with Crippen molar-refractivity contribution in [3.63, 3.8) is 0 Å². The molecule has 2 atom stereocenters. The van der Waals surface area contributed by atoms with Gasteiger partial charge in [0.2, 0.25) is 5.91 Å². The number of hydrogen-bond acceptors (Lipinski definition) is 3. The van der Waals surface area contributed by atoms with Gasteiger partial charge >= 0.3 is 0 Å². The summed E-state index contributed by atoms with van der Waals surface area (Å²) in [6.07, 6.45) is 4.26. The van der Waals surface area contributed by atoms with Crippen LogP contribution in [0.25, 0.3) is 0 Å². The van der Waals surface area contributed by atoms with Crippen LogP contribution >= 0.6 is 0 Å². The average molecular weight is 306 g/mol. The number of amides is 1. The van der Waals surface area contributed by atoms with Gasteiger partial charge in [-0.05, 0) is 56.3 Å². The molecule has 2 aliphatic heterocycles. The van der Waals surface area contributed by atoms with Crippen molar-refractivity contribution in [3.05, 3.63) is 29.1 Å². The van der Waals surface area contributed by atoms with Gasteiger partial charge in [0.15, 0.2) is 0 Å². The molecule has 1 amide bonds. The molecular formula is C17H23FN2O2. The molecule has 2 unspecified atom stereocenters. The highest BCUT2D eigenvalue weighted by atomic mass is 19.1. The Morgan fingerprint density at radius 3 is 3.09 bits per heavy atom. The zero-order valence-electron chi connectivity index (χ0n) is 13.0. The summed E-state index contributed by atoms with van der Waals surface area (Å²) in [5.41, 5.74) is 2.01. The highest BCUT2D eigenvalue weighted by molar-refractivity contribution is 5.91. The minimum atomic E-state index is -0.280. The Morgan fingerprint density at radius 1 is 1.45 bits per heavy atom. The predicted molar refractivity (Wildman–Crippen MR) is 83.2 cm³/mol. The first-order chi connectivity index (χ1) is 10.6. The molecule has 0 aliphatic carbocycles. The van der Waals surface area contributed by atoms with Gasteiger partial charge in [-0.2, -0.15) is 0 Å². The molecule has 2 aliphatic rings. The van der Waals surface area contributed by atoms with Gasteiger partial charge in [-0.15, -0.1) is 0 Å². The molecule has 22 heavy (non-hydrogen) atoms. The van der Waals surface area contributed by atoms with Crippen molar-refractivity contribution in [2.45, 2.75) is 57.8 Å². The van der Waals surface area contributed by atoms with Crippen molar-refractivity contribution < 1.29 is 13.9 Å². The Labute approximate surface area is 130 Å². The molecule has 1 fully saturated rings. The maximum atomic E-state index is 14.4. The molecule has 0 radical (unpaired) electrons. The molecule has 120 valence electrons. The summed E-state index contributed by atoms with van der Waals surface area (Å²) in [6, 6.07) is 3.55. The predicted octanol–water partition coefficient (Wildman–Crippen LogP) is 2.76. The van der Waals surface area contributed by atoms with Crippen LogP contribution in [0.15, 0.2) is 12.1 Å². The van der Waals surface area contributed by atoms with Gasteiger partial charge in [0, 0.05) is 13.0 Å². The Morgan fingerprint density at radius 2 is 2.32 bits per heavy atom. The van der Waals surface area contributed by atoms with Crippen LogP contribution in [0.2, 0.25) is 0 Å². The van der Waals surface area contributed by atoms with Crippen LogP contribution in [0, 0.1) is 5.82 Å². The van der Waals surface area contributed by atoms with E-state index in [1.165, 1.54) is 0 Å². The van der Waals surface area contributed by atoms with Gasteiger partial charge in [-0.1, -0.05) is 6.07 Å². The fraction of sp³-hybridized carbons (Fsp3) is 0.588. The van der Waals surface area contributed by atoms with Gasteiger partial charge in [-0.25, -0.2) is 4.39 Å². The van der Waals surface area contributed by atoms with E-state index < -0.39 is 0 Å². The Kier molecular flexibility index (Phi) is 4.74. The first-order valence-electron chi connectivity index (χ1n) is 8.10. The van der Waals surface area contributed by atoms with E-state index in [0.29, 0.717) is 37.6 Å². The maximum absolute atomic E-state index is 14.4. The smallest absolute Gasteiger partial charge is 0.224 e. The van der Waals surface area contributed by atoms with E-state index in [9.17, 15) is 9.18 Å². The number of rotatable bonds is 4. The van der Waals surface area contributed by atoms with E-state index in [-0.39, 0.29) is 17.8 Å². The summed E-state index contributed by atoms with van der Waals surface area (Å²) in [5.74, 6) is -0.422. The minimum Gasteiger partial charge on any atom is -0.375 e. The summed E-state index contributed by atoms with van der Waals surface area (Å²) in [4.78, 5) is 12.0. The third kappa shape index (κ3) is 3.47. The van der Waals surface area contributed by atoms with Crippen molar-refractivity contribution in [1.29, 1.82) is 0 Å². The largest absolute Gasteiger partial charge is 0.375 e. The molecule has 5 heteroatoms. The van der Waals surface area contributed by atoms with Crippen molar-refractivity contribution in [2.24, 2.45) is 0 Å². The third-order valence-corrected chi connectivity index (χ3v) is 4.49. The second kappa shape index (κ2) is 6.75. The fourth-order valence-electron chi connectivity index (χ4n) is 3.23. The summed E-state index contributed by atoms with van der Waals surface area (Å²) >= 11 is 0. The lowest BCUT2D eigenvalue weighted by molar-refractivity contribution is -0.116. The van der Waals surface area contributed by atoms with E-state index in [0.717, 1.165) is 30.5 Å². The van der Waals surface area contributed by atoms with E-state index in [2.05, 4.69) is 17.6 Å². The summed E-state index contributed by atoms with van der Waals surface area (Å²) < 4.78 is 20.1. The third-order valence-electron chi connectivity index (χ3n) is 4.49. The first-order valence-corrected chi connectivity index (χ1v) is 8.10. The molecule has 0 saturated carbocycles. The number of carbonyl (C=O) groups excluding carboxylic acids is 1. The molecule has 1 aromatic carbocycles. The molecule has 1 aromatic rings. The Hall–Kier alpha value is -1.46. The number of nitrogens with one attached hydrogen (secondary N) is 2. The zero-order valence-corrected chi connectivity index (χ0v) is 13.0. The molecule has 2 N–H and O–H groups in total. The van der Waals surface area contributed by atoms with E-state index >= 15 is 0 Å². The lowest BCUT2D eigenvalue weighted by Gasteiger charge is -2.19. The van der Waals surface area contributed by atoms with E-state index in [4.69, 9.17) is 4.74 Å². The maximum Gasteiger partial charge on any atom is 0.224 e. The van der Waals surface area contributed by atoms with Gasteiger partial charge in [0.25, 0.3) is 0 Å². The highest BCUT2D eigenvalue weighted by Gasteiger charge is 2.23. The van der Waals surface area contributed by atoms with Crippen LogP contribution < -0.4 is 10.6 Å². The summed E-state index contributed by atoms with van der Waals surface area (Å²) in [7, 11) is 0. The average Bonchev–Trinajstić information content (AvgIpc) is 2.94. The molecule has 0 aromatic heterocycles. The van der Waals surface area contributed by atoms with Crippen LogP contribution in [0.4, 0.5) is 10.1 Å². The number of ether oxygens (including phenoxy) is 1. The highest BCUT2D eigenvalue weighted by Crippen LogP contribution is 2.26. The molecule has 3 rings (SSSR count). The van der Waals surface area contributed by atoms with Crippen LogP contribution in [0.3, 0.4) is 0 Å². The molecule has 2 heterocycles. The number of halogens is 1. The van der Waals surface area contributed by atoms with Crippen LogP contribution in [0.1, 0.15) is 43.7 Å². The number of hydrogen-bond donors (Lipinski definition) is 2. The SMILES string of the molecule is CC1CCC(CCC(=O)Nc2ccc3c(c2F)CCNC3)O1. The number of anilines is 1. The fourth-order valence-corrected chi connectivity index (χ4v) is 3.23.